The number of anilines is 2. The summed E-state index contributed by atoms with van der Waals surface area (Å²) in [6.45, 7) is 2.11. The molecule has 4 N–H and O–H groups in total. The van der Waals surface area contributed by atoms with Crippen LogP contribution < -0.4 is 35.7 Å². The molecule has 0 radical (unpaired) electrons. The van der Waals surface area contributed by atoms with Crippen LogP contribution >= 0.6 is 11.6 Å². The molecule has 286 valence electrons. The van der Waals surface area contributed by atoms with Gasteiger partial charge in [-0.25, -0.2) is 19.3 Å². The van der Waals surface area contributed by atoms with Crippen LogP contribution in [0.5, 0.6) is 17.2 Å². The van der Waals surface area contributed by atoms with E-state index in [0.717, 1.165) is 23.7 Å². The van der Waals surface area contributed by atoms with E-state index in [1.54, 1.807) is 38.5 Å². The molecular formula is C39H36ClF4N7O4. The Hall–Kier alpha value is -5.93. The zero-order valence-corrected chi connectivity index (χ0v) is 30.7. The SMILES string of the molecule is COc1ccc(CN(Cc2ccc(OC)cc2)c2cc(C)c(C(F)(F)F)c(-c3cc4nc[nH]c(=O)c4c(OCCNCc4cc(F)cnc4N)c3Cl)n2)cc1. The predicted octanol–water partition coefficient (Wildman–Crippen LogP) is 7.47. The van der Waals surface area contributed by atoms with E-state index in [-0.39, 0.29) is 77.2 Å². The fourth-order valence-electron chi connectivity index (χ4n) is 6.05. The Kier molecular flexibility index (Phi) is 11.7. The second-order valence-corrected chi connectivity index (χ2v) is 12.9. The van der Waals surface area contributed by atoms with Crippen LogP contribution in [-0.4, -0.2) is 47.3 Å². The number of aromatic nitrogens is 4. The van der Waals surface area contributed by atoms with Crippen molar-refractivity contribution < 1.29 is 31.8 Å². The number of pyridine rings is 2. The molecule has 0 atom stereocenters. The first-order chi connectivity index (χ1) is 26.4. The Morgan fingerprint density at radius 3 is 2.18 bits per heavy atom. The number of nitrogens with zero attached hydrogens (tertiary/aromatic N) is 4. The number of rotatable bonds is 14. The minimum Gasteiger partial charge on any atom is -0.497 e. The Morgan fingerprint density at radius 2 is 1.58 bits per heavy atom. The number of hydrogen-bond acceptors (Lipinski definition) is 10. The Bertz CT molecular complexity index is 2310. The van der Waals surface area contributed by atoms with Crippen LogP contribution in [0.2, 0.25) is 5.02 Å². The highest BCUT2D eigenvalue weighted by Gasteiger charge is 2.38. The Morgan fingerprint density at radius 1 is 0.945 bits per heavy atom. The smallest absolute Gasteiger partial charge is 0.418 e. The number of halogens is 5. The molecule has 55 heavy (non-hydrogen) atoms. The molecule has 0 fully saturated rings. The van der Waals surface area contributed by atoms with Gasteiger partial charge >= 0.3 is 6.18 Å². The van der Waals surface area contributed by atoms with E-state index in [9.17, 15) is 22.4 Å². The molecule has 0 aliphatic rings. The summed E-state index contributed by atoms with van der Waals surface area (Å²) in [5.74, 6) is 0.948. The maximum Gasteiger partial charge on any atom is 0.418 e. The molecule has 0 aliphatic heterocycles. The zero-order chi connectivity index (χ0) is 39.3. The fraction of sp³-hybridized carbons (Fsp3) is 0.231. The van der Waals surface area contributed by atoms with E-state index in [1.807, 2.05) is 29.2 Å². The van der Waals surface area contributed by atoms with Crippen molar-refractivity contribution in [3.63, 3.8) is 0 Å². The molecule has 3 aromatic heterocycles. The van der Waals surface area contributed by atoms with E-state index in [4.69, 9.17) is 31.5 Å². The highest BCUT2D eigenvalue weighted by Crippen LogP contribution is 2.46. The summed E-state index contributed by atoms with van der Waals surface area (Å²) < 4.78 is 75.3. The van der Waals surface area contributed by atoms with Gasteiger partial charge in [0.2, 0.25) is 0 Å². The number of ether oxygens (including phenoxy) is 3. The quantitative estimate of drug-likeness (QED) is 0.0754. The van der Waals surface area contributed by atoms with Gasteiger partial charge in [0.15, 0.2) is 5.75 Å². The second-order valence-electron chi connectivity index (χ2n) is 12.5. The molecular weight excluding hydrogens is 742 g/mol. The van der Waals surface area contributed by atoms with Crippen LogP contribution in [0.15, 0.2) is 84.0 Å². The molecule has 0 amide bonds. The average Bonchev–Trinajstić information content (AvgIpc) is 3.16. The molecule has 0 spiro atoms. The van der Waals surface area contributed by atoms with Crippen LogP contribution in [-0.2, 0) is 25.8 Å². The lowest BCUT2D eigenvalue weighted by molar-refractivity contribution is -0.137. The highest BCUT2D eigenvalue weighted by atomic mass is 35.5. The first kappa shape index (κ1) is 38.8. The van der Waals surface area contributed by atoms with Gasteiger partial charge < -0.3 is 35.1 Å². The molecule has 0 saturated heterocycles. The van der Waals surface area contributed by atoms with Gasteiger partial charge in [0.1, 0.15) is 40.9 Å². The van der Waals surface area contributed by atoms with Gasteiger partial charge in [-0.05, 0) is 66.1 Å². The molecule has 0 aliphatic carbocycles. The predicted molar refractivity (Wildman–Crippen MR) is 202 cm³/mol. The minimum atomic E-state index is -4.85. The topological polar surface area (TPSA) is 141 Å². The van der Waals surface area contributed by atoms with Gasteiger partial charge in [-0.1, -0.05) is 35.9 Å². The van der Waals surface area contributed by atoms with Crippen LogP contribution in [0.25, 0.3) is 22.2 Å². The molecule has 6 aromatic rings. The number of aromatic amines is 1. The van der Waals surface area contributed by atoms with Gasteiger partial charge in [-0.15, -0.1) is 0 Å². The van der Waals surface area contributed by atoms with Crippen molar-refractivity contribution in [3.8, 4) is 28.5 Å². The number of fused-ring (bicyclic) bond motifs is 1. The van der Waals surface area contributed by atoms with E-state index in [0.29, 0.717) is 17.1 Å². The van der Waals surface area contributed by atoms with Gasteiger partial charge in [-0.2, -0.15) is 13.2 Å². The molecule has 11 nitrogen and oxygen atoms in total. The molecule has 16 heteroatoms. The van der Waals surface area contributed by atoms with E-state index in [1.165, 1.54) is 25.1 Å². The lowest BCUT2D eigenvalue weighted by Gasteiger charge is -2.27. The Balaban J connectivity index is 1.42. The number of aryl methyl sites for hydroxylation is 1. The third kappa shape index (κ3) is 8.90. The first-order valence-electron chi connectivity index (χ1n) is 16.9. The maximum atomic E-state index is 15.0. The summed E-state index contributed by atoms with van der Waals surface area (Å²) in [7, 11) is 3.12. The number of hydrogen-bond donors (Lipinski definition) is 3. The Labute approximate surface area is 318 Å². The standard InChI is InChI=1S/C39H36ClF4N7O4/c1-22-14-31(51(19-23-4-8-27(53-2)9-5-23)20-24-6-10-28(54-3)11-7-24)50-35(33(22)39(42,43)44)29-16-30-32(38(52)49-21-48-30)36(34(29)40)55-13-12-46-17-25-15-26(41)18-47-37(25)45/h4-11,14-16,18,21,46H,12-13,17,19-20H2,1-3H3,(H2,45,47)(H,48,49,52). The monoisotopic (exact) mass is 777 g/mol. The number of alkyl halides is 3. The molecule has 3 aromatic carbocycles. The molecule has 3 heterocycles. The maximum absolute atomic E-state index is 15.0. The third-order valence-electron chi connectivity index (χ3n) is 8.77. The summed E-state index contributed by atoms with van der Waals surface area (Å²) in [5, 5.41) is 2.71. The number of methoxy groups -OCH3 is 2. The van der Waals surface area contributed by atoms with Crippen LogP contribution in [0.1, 0.15) is 27.8 Å². The van der Waals surface area contributed by atoms with Crippen molar-refractivity contribution in [3.05, 3.63) is 128 Å². The van der Waals surface area contributed by atoms with Crippen molar-refractivity contribution >= 4 is 34.1 Å². The third-order valence-corrected chi connectivity index (χ3v) is 9.14. The fourth-order valence-corrected chi connectivity index (χ4v) is 6.35. The number of nitrogens with one attached hydrogen (secondary N) is 2. The van der Waals surface area contributed by atoms with E-state index in [2.05, 4.69) is 25.3 Å². The molecule has 0 saturated carbocycles. The number of nitrogen functional groups attached to an aromatic ring is 1. The van der Waals surface area contributed by atoms with Crippen molar-refractivity contribution in [2.24, 2.45) is 0 Å². The van der Waals surface area contributed by atoms with Crippen LogP contribution in [0, 0.1) is 12.7 Å². The lowest BCUT2D eigenvalue weighted by atomic mass is 9.99. The number of nitrogens with two attached hydrogens (primary N) is 1. The van der Waals surface area contributed by atoms with Crippen molar-refractivity contribution in [2.75, 3.05) is 38.0 Å². The van der Waals surface area contributed by atoms with Crippen molar-refractivity contribution in [1.82, 2.24) is 25.3 Å². The number of benzene rings is 3. The molecule has 0 bridgehead atoms. The highest BCUT2D eigenvalue weighted by molar-refractivity contribution is 6.36. The minimum absolute atomic E-state index is 0.0380. The summed E-state index contributed by atoms with van der Waals surface area (Å²) in [6.07, 6.45) is -2.71. The van der Waals surface area contributed by atoms with Gasteiger partial charge in [0.05, 0.1) is 48.5 Å². The van der Waals surface area contributed by atoms with Gasteiger partial charge in [-0.3, -0.25) is 4.79 Å². The van der Waals surface area contributed by atoms with Crippen LogP contribution in [0.4, 0.5) is 29.2 Å². The summed E-state index contributed by atoms with van der Waals surface area (Å²) in [4.78, 5) is 30.1. The van der Waals surface area contributed by atoms with E-state index < -0.39 is 28.8 Å². The number of H-pyrrole nitrogens is 1. The second kappa shape index (κ2) is 16.6. The van der Waals surface area contributed by atoms with Crippen molar-refractivity contribution in [1.29, 1.82) is 0 Å². The first-order valence-corrected chi connectivity index (χ1v) is 17.3. The summed E-state index contributed by atoms with van der Waals surface area (Å²) >= 11 is 6.93. The molecule has 0 unspecified atom stereocenters. The normalized spacial score (nSPS) is 11.5. The van der Waals surface area contributed by atoms with E-state index >= 15 is 0 Å². The summed E-state index contributed by atoms with van der Waals surface area (Å²) in [5.41, 5.74) is 5.66. The average molecular weight is 778 g/mol. The largest absolute Gasteiger partial charge is 0.497 e. The van der Waals surface area contributed by atoms with Crippen molar-refractivity contribution in [2.45, 2.75) is 32.7 Å². The molecule has 6 rings (SSSR count). The van der Waals surface area contributed by atoms with Crippen LogP contribution in [0.3, 0.4) is 0 Å². The lowest BCUT2D eigenvalue weighted by Crippen LogP contribution is -2.24. The summed E-state index contributed by atoms with van der Waals surface area (Å²) in [6, 6.07) is 18.6. The zero-order valence-electron chi connectivity index (χ0n) is 29.9. The van der Waals surface area contributed by atoms with Gasteiger partial charge in [0, 0.05) is 37.3 Å². The van der Waals surface area contributed by atoms with Gasteiger partial charge in [0.25, 0.3) is 5.56 Å².